The second-order valence-corrected chi connectivity index (χ2v) is 6.84. The molecule has 9 nitrogen and oxygen atoms in total. The Kier molecular flexibility index (Phi) is 3.85. The van der Waals surface area contributed by atoms with Crippen LogP contribution in [0, 0.1) is 6.92 Å². The minimum atomic E-state index is -0.252. The summed E-state index contributed by atoms with van der Waals surface area (Å²) in [4.78, 5) is 38.5. The first kappa shape index (κ1) is 16.5. The fourth-order valence-electron chi connectivity index (χ4n) is 3.69. The van der Waals surface area contributed by atoms with Crippen LogP contribution in [0.5, 0.6) is 0 Å². The van der Waals surface area contributed by atoms with Crippen molar-refractivity contribution in [3.63, 3.8) is 0 Å². The van der Waals surface area contributed by atoms with Gasteiger partial charge in [0, 0.05) is 43.4 Å². The number of hydrogen-bond donors (Lipinski definition) is 1. The Balaban J connectivity index is 1.53. The molecule has 1 fully saturated rings. The number of pyridine rings is 1. The molecule has 3 aromatic heterocycles. The van der Waals surface area contributed by atoms with Gasteiger partial charge in [0.25, 0.3) is 0 Å². The highest BCUT2D eigenvalue weighted by Crippen LogP contribution is 2.40. The summed E-state index contributed by atoms with van der Waals surface area (Å²) in [5, 5.41) is 2.83. The number of aryl methyl sites for hydroxylation is 1. The number of aromatic nitrogens is 5. The minimum Gasteiger partial charge on any atom is -0.366 e. The SMILES string of the molecule is Cc1ncc(-c2ccc3c(n2)N(C(=O)Nc2cnccn2)[C@H]2CCN3C2)cn1. The van der Waals surface area contributed by atoms with Crippen LogP contribution < -0.4 is 15.1 Å². The Morgan fingerprint density at radius 3 is 2.79 bits per heavy atom. The Morgan fingerprint density at radius 2 is 2.00 bits per heavy atom. The first-order valence-electron chi connectivity index (χ1n) is 9.10. The van der Waals surface area contributed by atoms with Gasteiger partial charge in [0.1, 0.15) is 5.82 Å². The molecule has 1 saturated heterocycles. The summed E-state index contributed by atoms with van der Waals surface area (Å²) in [5.74, 6) is 1.77. The van der Waals surface area contributed by atoms with Gasteiger partial charge in [-0.25, -0.2) is 24.7 Å². The standard InChI is InChI=1S/C19H18N8O/c1-12-22-8-13(9-23-12)15-2-3-16-18(24-15)27(14-4-7-26(16)11-14)19(28)25-17-10-20-5-6-21-17/h2-3,5-6,8-10,14H,4,7,11H2,1H3,(H,21,25,28)/t14-/m0/s1. The monoisotopic (exact) mass is 374 g/mol. The fraction of sp³-hybridized carbons (Fsp3) is 0.263. The second-order valence-electron chi connectivity index (χ2n) is 6.84. The fourth-order valence-corrected chi connectivity index (χ4v) is 3.69. The molecule has 9 heteroatoms. The molecule has 0 aromatic carbocycles. The van der Waals surface area contributed by atoms with Gasteiger partial charge < -0.3 is 4.90 Å². The average molecular weight is 374 g/mol. The van der Waals surface area contributed by atoms with Gasteiger partial charge >= 0.3 is 6.03 Å². The molecular formula is C19H18N8O. The molecule has 2 amide bonds. The van der Waals surface area contributed by atoms with E-state index < -0.39 is 0 Å². The molecule has 1 atom stereocenters. The molecule has 5 rings (SSSR count). The number of anilines is 3. The third-order valence-electron chi connectivity index (χ3n) is 5.05. The Hall–Kier alpha value is -3.62. The molecule has 28 heavy (non-hydrogen) atoms. The van der Waals surface area contributed by atoms with Crippen molar-refractivity contribution in [3.8, 4) is 11.3 Å². The van der Waals surface area contributed by atoms with Crippen LogP contribution in [-0.4, -0.2) is 50.1 Å². The lowest BCUT2D eigenvalue weighted by atomic mass is 10.1. The quantitative estimate of drug-likeness (QED) is 0.734. The Labute approximate surface area is 161 Å². The molecule has 2 bridgehead atoms. The maximum atomic E-state index is 13.1. The summed E-state index contributed by atoms with van der Waals surface area (Å²) in [6.07, 6.45) is 9.03. The van der Waals surface area contributed by atoms with Crippen LogP contribution in [-0.2, 0) is 0 Å². The number of nitrogens with one attached hydrogen (secondary N) is 1. The second kappa shape index (κ2) is 6.52. The molecule has 0 radical (unpaired) electrons. The first-order chi connectivity index (χ1) is 13.7. The van der Waals surface area contributed by atoms with E-state index in [1.165, 1.54) is 6.20 Å². The van der Waals surface area contributed by atoms with E-state index in [1.807, 2.05) is 19.1 Å². The van der Waals surface area contributed by atoms with Crippen molar-refractivity contribution < 1.29 is 4.79 Å². The van der Waals surface area contributed by atoms with Crippen LogP contribution in [0.1, 0.15) is 12.2 Å². The van der Waals surface area contributed by atoms with E-state index >= 15 is 0 Å². The van der Waals surface area contributed by atoms with Gasteiger partial charge in [0.05, 0.1) is 23.6 Å². The van der Waals surface area contributed by atoms with Gasteiger partial charge in [-0.1, -0.05) is 0 Å². The average Bonchev–Trinajstić information content (AvgIpc) is 3.13. The van der Waals surface area contributed by atoms with Crippen LogP contribution in [0.2, 0.25) is 0 Å². The number of fused-ring (bicyclic) bond motifs is 4. The molecular weight excluding hydrogens is 356 g/mol. The Bertz CT molecular complexity index is 1020. The van der Waals surface area contributed by atoms with E-state index in [4.69, 9.17) is 4.98 Å². The zero-order chi connectivity index (χ0) is 19.1. The Morgan fingerprint density at radius 1 is 1.14 bits per heavy atom. The van der Waals surface area contributed by atoms with Crippen molar-refractivity contribution in [1.82, 2.24) is 24.9 Å². The van der Waals surface area contributed by atoms with E-state index in [9.17, 15) is 4.79 Å². The summed E-state index contributed by atoms with van der Waals surface area (Å²) in [5.41, 5.74) is 2.51. The van der Waals surface area contributed by atoms with Crippen LogP contribution in [0.25, 0.3) is 11.3 Å². The number of carbonyl (C=O) groups is 1. The number of hydrogen-bond acceptors (Lipinski definition) is 7. The van der Waals surface area contributed by atoms with E-state index in [-0.39, 0.29) is 12.1 Å². The highest BCUT2D eigenvalue weighted by atomic mass is 16.2. The molecule has 0 unspecified atom stereocenters. The third-order valence-corrected chi connectivity index (χ3v) is 5.05. The van der Waals surface area contributed by atoms with Gasteiger partial charge in [-0.05, 0) is 25.5 Å². The maximum absolute atomic E-state index is 13.1. The molecule has 2 aliphatic heterocycles. The zero-order valence-corrected chi connectivity index (χ0v) is 15.3. The van der Waals surface area contributed by atoms with Crippen LogP contribution in [0.4, 0.5) is 22.1 Å². The van der Waals surface area contributed by atoms with E-state index in [2.05, 4.69) is 30.2 Å². The van der Waals surface area contributed by atoms with Crippen molar-refractivity contribution in [2.45, 2.75) is 19.4 Å². The lowest BCUT2D eigenvalue weighted by Gasteiger charge is -2.35. The van der Waals surface area contributed by atoms with Crippen LogP contribution in [0.3, 0.4) is 0 Å². The van der Waals surface area contributed by atoms with Gasteiger partial charge in [0.2, 0.25) is 0 Å². The number of amides is 2. The third kappa shape index (κ3) is 2.81. The van der Waals surface area contributed by atoms with Crippen LogP contribution in [0.15, 0.2) is 43.1 Å². The largest absolute Gasteiger partial charge is 0.366 e. The van der Waals surface area contributed by atoms with Crippen LogP contribution >= 0.6 is 0 Å². The molecule has 3 aromatic rings. The summed E-state index contributed by atoms with van der Waals surface area (Å²) in [6, 6.07) is 3.78. The van der Waals surface area contributed by atoms with Crippen molar-refractivity contribution >= 4 is 23.4 Å². The number of rotatable bonds is 2. The number of carbonyl (C=O) groups excluding carboxylic acids is 1. The first-order valence-corrected chi connectivity index (χ1v) is 9.10. The van der Waals surface area contributed by atoms with Gasteiger partial charge in [-0.3, -0.25) is 15.2 Å². The predicted octanol–water partition coefficient (Wildman–Crippen LogP) is 2.27. The lowest BCUT2D eigenvalue weighted by Crippen LogP contribution is -2.48. The lowest BCUT2D eigenvalue weighted by molar-refractivity contribution is 0.254. The summed E-state index contributed by atoms with van der Waals surface area (Å²) in [6.45, 7) is 3.55. The van der Waals surface area contributed by atoms with Crippen molar-refractivity contribution in [2.75, 3.05) is 28.2 Å². The van der Waals surface area contributed by atoms with E-state index in [0.717, 1.165) is 36.5 Å². The van der Waals surface area contributed by atoms with Crippen molar-refractivity contribution in [2.24, 2.45) is 0 Å². The smallest absolute Gasteiger partial charge is 0.329 e. The van der Waals surface area contributed by atoms with Crippen molar-refractivity contribution in [3.05, 3.63) is 48.9 Å². The minimum absolute atomic E-state index is 0.0705. The maximum Gasteiger partial charge on any atom is 0.329 e. The summed E-state index contributed by atoms with van der Waals surface area (Å²) in [7, 11) is 0. The van der Waals surface area contributed by atoms with Gasteiger partial charge in [-0.2, -0.15) is 0 Å². The summed E-state index contributed by atoms with van der Waals surface area (Å²) >= 11 is 0. The molecule has 1 N–H and O–H groups in total. The van der Waals surface area contributed by atoms with Gasteiger partial charge in [-0.15, -0.1) is 0 Å². The van der Waals surface area contributed by atoms with E-state index in [0.29, 0.717) is 17.5 Å². The molecule has 140 valence electrons. The predicted molar refractivity (Wildman–Crippen MR) is 104 cm³/mol. The topological polar surface area (TPSA) is 100 Å². The molecule has 0 spiro atoms. The van der Waals surface area contributed by atoms with Crippen molar-refractivity contribution in [1.29, 1.82) is 0 Å². The molecule has 5 heterocycles. The molecule has 0 aliphatic carbocycles. The molecule has 2 aliphatic rings. The highest BCUT2D eigenvalue weighted by Gasteiger charge is 2.40. The van der Waals surface area contributed by atoms with E-state index in [1.54, 1.807) is 29.7 Å². The summed E-state index contributed by atoms with van der Waals surface area (Å²) < 4.78 is 0. The normalized spacial score (nSPS) is 17.4. The number of nitrogens with zero attached hydrogens (tertiary/aromatic N) is 7. The van der Waals surface area contributed by atoms with Gasteiger partial charge in [0.15, 0.2) is 11.6 Å². The molecule has 0 saturated carbocycles. The number of urea groups is 1. The highest BCUT2D eigenvalue weighted by molar-refractivity contribution is 6.04. The zero-order valence-electron chi connectivity index (χ0n) is 15.3.